The summed E-state index contributed by atoms with van der Waals surface area (Å²) >= 11 is 0. The Morgan fingerprint density at radius 3 is 2.29 bits per heavy atom. The first kappa shape index (κ1) is 24.0. The fraction of sp³-hybridized carbons (Fsp3) is 0.550. The fourth-order valence-corrected chi connectivity index (χ4v) is 3.85. The van der Waals surface area contributed by atoms with Crippen molar-refractivity contribution in [1.29, 1.82) is 10.5 Å². The molecule has 0 spiro atoms. The predicted octanol–water partition coefficient (Wildman–Crippen LogP) is 3.23. The highest BCUT2D eigenvalue weighted by atomic mass is 35.5. The fourth-order valence-electron chi connectivity index (χ4n) is 3.85. The number of hydrogen-bond donors (Lipinski definition) is 2. The molecule has 0 unspecified atom stereocenters. The van der Waals surface area contributed by atoms with E-state index in [2.05, 4.69) is 22.8 Å². The van der Waals surface area contributed by atoms with Crippen molar-refractivity contribution >= 4 is 36.4 Å². The minimum absolute atomic E-state index is 0. The van der Waals surface area contributed by atoms with Crippen molar-refractivity contribution in [3.63, 3.8) is 0 Å². The average Bonchev–Trinajstić information content (AvgIpc) is 3.17. The third-order valence-corrected chi connectivity index (χ3v) is 5.38. The zero-order valence-corrected chi connectivity index (χ0v) is 17.4. The highest BCUT2D eigenvalue weighted by Gasteiger charge is 2.29. The number of nitrogens with one attached hydrogen (secondary N) is 2. The molecule has 1 amide bonds. The monoisotopic (exact) mass is 423 g/mol. The van der Waals surface area contributed by atoms with Crippen LogP contribution in [-0.4, -0.2) is 42.0 Å². The molecule has 0 bridgehead atoms. The average molecular weight is 424 g/mol. The number of hydrogen-bond acceptors (Lipinski definition) is 5. The van der Waals surface area contributed by atoms with Crippen molar-refractivity contribution in [3.05, 3.63) is 29.8 Å². The molecule has 8 heteroatoms. The van der Waals surface area contributed by atoms with Crippen LogP contribution in [0.2, 0.25) is 0 Å². The Labute approximate surface area is 179 Å². The Morgan fingerprint density at radius 1 is 1.04 bits per heavy atom. The molecule has 28 heavy (non-hydrogen) atoms. The molecule has 2 aliphatic rings. The van der Waals surface area contributed by atoms with Crippen LogP contribution in [0.5, 0.6) is 0 Å². The van der Waals surface area contributed by atoms with Crippen molar-refractivity contribution in [1.82, 2.24) is 10.2 Å². The number of likely N-dealkylation sites (tertiary alicyclic amines) is 1. The molecule has 1 aliphatic heterocycles. The van der Waals surface area contributed by atoms with Crippen LogP contribution in [-0.2, 0) is 4.79 Å². The van der Waals surface area contributed by atoms with Crippen molar-refractivity contribution < 1.29 is 4.79 Å². The molecular weight excluding hydrogens is 397 g/mol. The van der Waals surface area contributed by atoms with Gasteiger partial charge in [0.15, 0.2) is 0 Å². The molecule has 1 heterocycles. The third kappa shape index (κ3) is 6.27. The number of carbonyl (C=O) groups excluding carboxylic acids is 1. The molecule has 2 N–H and O–H groups in total. The lowest BCUT2D eigenvalue weighted by atomic mass is 9.91. The molecular formula is C20H27Cl2N5O. The van der Waals surface area contributed by atoms with E-state index in [1.54, 1.807) is 4.90 Å². The number of carbonyl (C=O) groups is 1. The minimum atomic E-state index is -0.239. The van der Waals surface area contributed by atoms with Gasteiger partial charge in [-0.1, -0.05) is 0 Å². The van der Waals surface area contributed by atoms with E-state index in [1.165, 1.54) is 0 Å². The molecule has 3 rings (SSSR count). The molecule has 1 saturated heterocycles. The van der Waals surface area contributed by atoms with Gasteiger partial charge in [-0.25, -0.2) is 0 Å². The number of nitriles is 2. The summed E-state index contributed by atoms with van der Waals surface area (Å²) in [6.45, 7) is 1.04. The van der Waals surface area contributed by atoms with Gasteiger partial charge in [0, 0.05) is 24.3 Å². The maximum atomic E-state index is 12.3. The second kappa shape index (κ2) is 11.8. The Hall–Kier alpha value is -1.99. The van der Waals surface area contributed by atoms with Crippen LogP contribution >= 0.6 is 24.8 Å². The third-order valence-electron chi connectivity index (χ3n) is 5.38. The summed E-state index contributed by atoms with van der Waals surface area (Å²) in [5, 5.41) is 24.8. The molecule has 152 valence electrons. The SMILES string of the molecule is Cl.Cl.N#Cc1ccc(NC2CCC(NCC(=O)N3CCC[C@H]3C#N)CC2)cc1. The van der Waals surface area contributed by atoms with Gasteiger partial charge < -0.3 is 15.5 Å². The van der Waals surface area contributed by atoms with E-state index >= 15 is 0 Å². The summed E-state index contributed by atoms with van der Waals surface area (Å²) in [4.78, 5) is 14.0. The lowest BCUT2D eigenvalue weighted by molar-refractivity contribution is -0.130. The van der Waals surface area contributed by atoms with Crippen LogP contribution in [0.15, 0.2) is 24.3 Å². The van der Waals surface area contributed by atoms with E-state index in [4.69, 9.17) is 10.5 Å². The molecule has 1 saturated carbocycles. The summed E-state index contributed by atoms with van der Waals surface area (Å²) < 4.78 is 0. The Balaban J connectivity index is 0.00000196. The number of benzene rings is 1. The molecule has 1 aliphatic carbocycles. The van der Waals surface area contributed by atoms with Crippen molar-refractivity contribution in [3.8, 4) is 12.1 Å². The second-order valence-corrected chi connectivity index (χ2v) is 7.14. The van der Waals surface area contributed by atoms with Crippen LogP contribution in [0.3, 0.4) is 0 Å². The van der Waals surface area contributed by atoms with Gasteiger partial charge in [-0.15, -0.1) is 24.8 Å². The summed E-state index contributed by atoms with van der Waals surface area (Å²) in [7, 11) is 0. The lowest BCUT2D eigenvalue weighted by Crippen LogP contribution is -2.45. The highest BCUT2D eigenvalue weighted by Crippen LogP contribution is 2.23. The van der Waals surface area contributed by atoms with E-state index in [9.17, 15) is 4.79 Å². The number of halogens is 2. The van der Waals surface area contributed by atoms with Gasteiger partial charge in [0.1, 0.15) is 6.04 Å². The quantitative estimate of drug-likeness (QED) is 0.757. The van der Waals surface area contributed by atoms with Gasteiger partial charge in [0.25, 0.3) is 0 Å². The van der Waals surface area contributed by atoms with E-state index < -0.39 is 0 Å². The molecule has 0 radical (unpaired) electrons. The first-order valence-electron chi connectivity index (χ1n) is 9.39. The Morgan fingerprint density at radius 2 is 1.68 bits per heavy atom. The van der Waals surface area contributed by atoms with Crippen molar-refractivity contribution in [2.45, 2.75) is 56.7 Å². The normalized spacial score (nSPS) is 23.5. The number of nitrogens with zero attached hydrogens (tertiary/aromatic N) is 3. The smallest absolute Gasteiger partial charge is 0.237 e. The van der Waals surface area contributed by atoms with Crippen LogP contribution in [0.4, 0.5) is 5.69 Å². The van der Waals surface area contributed by atoms with Gasteiger partial charge in [-0.3, -0.25) is 4.79 Å². The number of rotatable bonds is 5. The van der Waals surface area contributed by atoms with Crippen LogP contribution < -0.4 is 10.6 Å². The van der Waals surface area contributed by atoms with Crippen LogP contribution in [0, 0.1) is 22.7 Å². The zero-order chi connectivity index (χ0) is 18.4. The van der Waals surface area contributed by atoms with Gasteiger partial charge >= 0.3 is 0 Å². The van der Waals surface area contributed by atoms with Crippen molar-refractivity contribution in [2.24, 2.45) is 0 Å². The van der Waals surface area contributed by atoms with E-state index in [1.807, 2.05) is 24.3 Å². The maximum Gasteiger partial charge on any atom is 0.237 e. The molecule has 1 atom stereocenters. The summed E-state index contributed by atoms with van der Waals surface area (Å²) in [6.07, 6.45) is 5.89. The zero-order valence-electron chi connectivity index (χ0n) is 15.8. The lowest BCUT2D eigenvalue weighted by Gasteiger charge is -2.31. The summed E-state index contributed by atoms with van der Waals surface area (Å²) in [5.41, 5.74) is 1.72. The van der Waals surface area contributed by atoms with E-state index in [-0.39, 0.29) is 36.8 Å². The predicted molar refractivity (Wildman–Crippen MR) is 114 cm³/mol. The first-order valence-corrected chi connectivity index (χ1v) is 9.39. The molecule has 2 fully saturated rings. The number of anilines is 1. The summed E-state index contributed by atoms with van der Waals surface area (Å²) in [5.74, 6) is 0.0480. The van der Waals surface area contributed by atoms with Gasteiger partial charge in [-0.2, -0.15) is 10.5 Å². The standard InChI is InChI=1S/C20H25N5O.2ClH/c21-12-15-3-5-17(6-4-15)24-18-9-7-16(8-10-18)23-14-20(26)25-11-1-2-19(25)13-22;;/h3-6,16,18-19,23-24H,1-2,7-11,14H2;2*1H/t16?,18?,19-;;/m0../s1. The molecule has 1 aromatic carbocycles. The maximum absolute atomic E-state index is 12.3. The van der Waals surface area contributed by atoms with E-state index in [0.29, 0.717) is 30.7 Å². The summed E-state index contributed by atoms with van der Waals surface area (Å²) in [6, 6.07) is 12.5. The van der Waals surface area contributed by atoms with Crippen LogP contribution in [0.25, 0.3) is 0 Å². The Kier molecular flexibility index (Phi) is 10.1. The highest BCUT2D eigenvalue weighted by molar-refractivity contribution is 5.85. The second-order valence-electron chi connectivity index (χ2n) is 7.14. The molecule has 1 aromatic rings. The van der Waals surface area contributed by atoms with Gasteiger partial charge in [0.05, 0.1) is 24.2 Å². The molecule has 0 aromatic heterocycles. The largest absolute Gasteiger partial charge is 0.382 e. The minimum Gasteiger partial charge on any atom is -0.382 e. The number of amides is 1. The topological polar surface area (TPSA) is 91.9 Å². The van der Waals surface area contributed by atoms with Gasteiger partial charge in [0.2, 0.25) is 5.91 Å². The Bertz CT molecular complexity index is 705. The van der Waals surface area contributed by atoms with Gasteiger partial charge in [-0.05, 0) is 62.8 Å². The first-order chi connectivity index (χ1) is 12.7. The van der Waals surface area contributed by atoms with Crippen LogP contribution in [0.1, 0.15) is 44.1 Å². The molecule has 6 nitrogen and oxygen atoms in total. The van der Waals surface area contributed by atoms with E-state index in [0.717, 1.165) is 44.2 Å². The van der Waals surface area contributed by atoms with Crippen molar-refractivity contribution in [2.75, 3.05) is 18.4 Å².